The monoisotopic (exact) mass is 311 g/mol. The van der Waals surface area contributed by atoms with E-state index in [4.69, 9.17) is 10.5 Å². The Morgan fingerprint density at radius 1 is 0.800 bits per heavy atom. The van der Waals surface area contributed by atoms with Gasteiger partial charge in [-0.15, -0.1) is 0 Å². The maximum atomic E-state index is 5.63. The Hall–Kier alpha value is -1.23. The highest BCUT2D eigenvalue weighted by Crippen LogP contribution is 2.22. The number of ether oxygens (including phenoxy) is 1. The lowest BCUT2D eigenvalue weighted by Gasteiger charge is -2.05. The Kier molecular flexibility index (Phi) is 3.11. The number of halogens is 1. The van der Waals surface area contributed by atoms with E-state index in [9.17, 15) is 0 Å². The minimum atomic E-state index is 0.741. The van der Waals surface area contributed by atoms with Crippen LogP contribution in [-0.4, -0.2) is 0 Å². The molecule has 2 nitrogen and oxygen atoms in total. The zero-order valence-corrected chi connectivity index (χ0v) is 10.1. The molecule has 0 spiro atoms. The summed E-state index contributed by atoms with van der Waals surface area (Å²) in [7, 11) is 0. The van der Waals surface area contributed by atoms with E-state index in [0.717, 1.165) is 17.2 Å². The van der Waals surface area contributed by atoms with Crippen molar-refractivity contribution in [2.24, 2.45) is 0 Å². The van der Waals surface area contributed by atoms with Crippen LogP contribution in [0.1, 0.15) is 0 Å². The van der Waals surface area contributed by atoms with E-state index in [-0.39, 0.29) is 0 Å². The third-order valence-electron chi connectivity index (χ3n) is 1.93. The Labute approximate surface area is 102 Å². The molecule has 0 atom stereocenters. The Morgan fingerprint density at radius 2 is 1.27 bits per heavy atom. The average molecular weight is 311 g/mol. The summed E-state index contributed by atoms with van der Waals surface area (Å²) in [5, 5.41) is 0. The SMILES string of the molecule is Nc1ccc(Oc2ccc(I)cc2)cc1. The second-order valence-electron chi connectivity index (χ2n) is 3.13. The third-order valence-corrected chi connectivity index (χ3v) is 2.65. The lowest BCUT2D eigenvalue weighted by atomic mass is 10.3. The highest BCUT2D eigenvalue weighted by molar-refractivity contribution is 14.1. The molecule has 0 saturated carbocycles. The quantitative estimate of drug-likeness (QED) is 0.678. The molecule has 0 saturated heterocycles. The summed E-state index contributed by atoms with van der Waals surface area (Å²) >= 11 is 2.26. The van der Waals surface area contributed by atoms with Crippen LogP contribution in [0.5, 0.6) is 11.5 Å². The van der Waals surface area contributed by atoms with Crippen molar-refractivity contribution in [3.05, 3.63) is 52.1 Å². The molecule has 0 fully saturated rings. The van der Waals surface area contributed by atoms with Gasteiger partial charge in [-0.2, -0.15) is 0 Å². The summed E-state index contributed by atoms with van der Waals surface area (Å²) in [5.41, 5.74) is 6.32. The Balaban J connectivity index is 2.15. The van der Waals surface area contributed by atoms with E-state index in [2.05, 4.69) is 22.6 Å². The smallest absolute Gasteiger partial charge is 0.127 e. The van der Waals surface area contributed by atoms with Crippen LogP contribution in [0.15, 0.2) is 48.5 Å². The standard InChI is InChI=1S/C12H10INO/c13-9-1-5-11(6-2-9)15-12-7-3-10(14)4-8-12/h1-8H,14H2. The van der Waals surface area contributed by atoms with Crippen LogP contribution in [-0.2, 0) is 0 Å². The van der Waals surface area contributed by atoms with Crippen molar-refractivity contribution in [2.45, 2.75) is 0 Å². The molecule has 15 heavy (non-hydrogen) atoms. The van der Waals surface area contributed by atoms with Crippen molar-refractivity contribution in [2.75, 3.05) is 5.73 Å². The summed E-state index contributed by atoms with van der Waals surface area (Å²) in [6, 6.07) is 15.3. The summed E-state index contributed by atoms with van der Waals surface area (Å²) in [6.07, 6.45) is 0. The van der Waals surface area contributed by atoms with Crippen molar-refractivity contribution in [3.63, 3.8) is 0 Å². The fourth-order valence-corrected chi connectivity index (χ4v) is 1.53. The molecule has 0 aromatic heterocycles. The van der Waals surface area contributed by atoms with Gasteiger partial charge in [0.25, 0.3) is 0 Å². The molecule has 0 amide bonds. The molecule has 0 aliphatic rings. The van der Waals surface area contributed by atoms with Gasteiger partial charge in [-0.3, -0.25) is 0 Å². The Bertz CT molecular complexity index is 393. The number of anilines is 1. The van der Waals surface area contributed by atoms with E-state index in [0.29, 0.717) is 0 Å². The molecule has 76 valence electrons. The maximum absolute atomic E-state index is 5.63. The van der Waals surface area contributed by atoms with Crippen molar-refractivity contribution >= 4 is 28.3 Å². The van der Waals surface area contributed by atoms with Crippen LogP contribution in [0.25, 0.3) is 0 Å². The van der Waals surface area contributed by atoms with E-state index in [1.54, 1.807) is 0 Å². The summed E-state index contributed by atoms with van der Waals surface area (Å²) in [5.74, 6) is 1.63. The average Bonchev–Trinajstić information content (AvgIpc) is 2.25. The maximum Gasteiger partial charge on any atom is 0.127 e. The van der Waals surface area contributed by atoms with Gasteiger partial charge in [0.05, 0.1) is 0 Å². The molecular formula is C12H10INO. The Morgan fingerprint density at radius 3 is 1.80 bits per heavy atom. The molecule has 0 aliphatic carbocycles. The summed E-state index contributed by atoms with van der Waals surface area (Å²) in [4.78, 5) is 0. The largest absolute Gasteiger partial charge is 0.457 e. The minimum Gasteiger partial charge on any atom is -0.457 e. The minimum absolute atomic E-state index is 0.741. The molecule has 0 bridgehead atoms. The van der Waals surface area contributed by atoms with Crippen LogP contribution in [0.4, 0.5) is 5.69 Å². The highest BCUT2D eigenvalue weighted by atomic mass is 127. The predicted molar refractivity (Wildman–Crippen MR) is 70.1 cm³/mol. The lowest BCUT2D eigenvalue weighted by molar-refractivity contribution is 0.482. The van der Waals surface area contributed by atoms with Gasteiger partial charge < -0.3 is 10.5 Å². The van der Waals surface area contributed by atoms with Crippen molar-refractivity contribution in [3.8, 4) is 11.5 Å². The number of hydrogen-bond donors (Lipinski definition) is 1. The van der Waals surface area contributed by atoms with Crippen LogP contribution in [0.3, 0.4) is 0 Å². The first kappa shape index (κ1) is 10.3. The van der Waals surface area contributed by atoms with Gasteiger partial charge in [-0.05, 0) is 71.1 Å². The molecule has 2 rings (SSSR count). The first-order valence-corrected chi connectivity index (χ1v) is 5.61. The number of nitrogens with two attached hydrogens (primary N) is 1. The zero-order valence-electron chi connectivity index (χ0n) is 7.98. The molecule has 2 aromatic carbocycles. The van der Waals surface area contributed by atoms with Gasteiger partial charge in [0.1, 0.15) is 11.5 Å². The van der Waals surface area contributed by atoms with Gasteiger partial charge in [0, 0.05) is 9.26 Å². The topological polar surface area (TPSA) is 35.2 Å². The van der Waals surface area contributed by atoms with Crippen molar-refractivity contribution in [1.82, 2.24) is 0 Å². The molecule has 0 radical (unpaired) electrons. The van der Waals surface area contributed by atoms with Crippen molar-refractivity contribution < 1.29 is 4.74 Å². The van der Waals surface area contributed by atoms with Crippen LogP contribution < -0.4 is 10.5 Å². The first-order valence-electron chi connectivity index (χ1n) is 4.53. The van der Waals surface area contributed by atoms with Crippen molar-refractivity contribution in [1.29, 1.82) is 0 Å². The number of hydrogen-bond acceptors (Lipinski definition) is 2. The summed E-state index contributed by atoms with van der Waals surface area (Å²) < 4.78 is 6.82. The molecule has 2 N–H and O–H groups in total. The molecular weight excluding hydrogens is 301 g/mol. The van der Waals surface area contributed by atoms with Gasteiger partial charge in [0.2, 0.25) is 0 Å². The zero-order chi connectivity index (χ0) is 10.7. The fraction of sp³-hybridized carbons (Fsp3) is 0. The molecule has 0 unspecified atom stereocenters. The van der Waals surface area contributed by atoms with E-state index in [1.165, 1.54) is 3.57 Å². The van der Waals surface area contributed by atoms with Gasteiger partial charge in [-0.1, -0.05) is 0 Å². The van der Waals surface area contributed by atoms with Gasteiger partial charge >= 0.3 is 0 Å². The number of rotatable bonds is 2. The number of nitrogen functional groups attached to an aromatic ring is 1. The molecule has 3 heteroatoms. The molecule has 0 heterocycles. The van der Waals surface area contributed by atoms with E-state index >= 15 is 0 Å². The predicted octanol–water partition coefficient (Wildman–Crippen LogP) is 3.67. The number of benzene rings is 2. The lowest BCUT2D eigenvalue weighted by Crippen LogP contribution is -1.86. The van der Waals surface area contributed by atoms with Gasteiger partial charge in [-0.25, -0.2) is 0 Å². The highest BCUT2D eigenvalue weighted by Gasteiger charge is 1.96. The van der Waals surface area contributed by atoms with Crippen LogP contribution in [0.2, 0.25) is 0 Å². The van der Waals surface area contributed by atoms with E-state index in [1.807, 2.05) is 48.5 Å². The normalized spacial score (nSPS) is 9.93. The third kappa shape index (κ3) is 2.86. The second-order valence-corrected chi connectivity index (χ2v) is 4.37. The van der Waals surface area contributed by atoms with E-state index < -0.39 is 0 Å². The fourth-order valence-electron chi connectivity index (χ4n) is 1.17. The second kappa shape index (κ2) is 4.53. The van der Waals surface area contributed by atoms with Crippen LogP contribution in [0, 0.1) is 3.57 Å². The van der Waals surface area contributed by atoms with Gasteiger partial charge in [0.15, 0.2) is 0 Å². The van der Waals surface area contributed by atoms with Crippen LogP contribution >= 0.6 is 22.6 Å². The summed E-state index contributed by atoms with van der Waals surface area (Å²) in [6.45, 7) is 0. The first-order chi connectivity index (χ1) is 7.24. The molecule has 0 aliphatic heterocycles. The molecule has 2 aromatic rings.